The van der Waals surface area contributed by atoms with Crippen LogP contribution in [0.5, 0.6) is 0 Å². The summed E-state index contributed by atoms with van der Waals surface area (Å²) >= 11 is 1.53. The Labute approximate surface area is 117 Å². The molecule has 19 heavy (non-hydrogen) atoms. The van der Waals surface area contributed by atoms with Gasteiger partial charge < -0.3 is 10.2 Å². The van der Waals surface area contributed by atoms with Crippen molar-refractivity contribution in [2.75, 3.05) is 0 Å². The highest BCUT2D eigenvalue weighted by atomic mass is 32.1. The third-order valence-corrected chi connectivity index (χ3v) is 4.10. The van der Waals surface area contributed by atoms with Gasteiger partial charge in [-0.1, -0.05) is 13.8 Å². The van der Waals surface area contributed by atoms with Crippen LogP contribution in [-0.2, 0) is 16.1 Å². The van der Waals surface area contributed by atoms with Crippen molar-refractivity contribution < 1.29 is 9.59 Å². The van der Waals surface area contributed by atoms with Gasteiger partial charge in [-0.2, -0.15) is 0 Å². The lowest BCUT2D eigenvalue weighted by Crippen LogP contribution is -2.48. The lowest BCUT2D eigenvalue weighted by atomic mass is 10.0. The van der Waals surface area contributed by atoms with E-state index in [0.29, 0.717) is 13.0 Å². The maximum Gasteiger partial charge on any atom is 0.246 e. The number of amides is 2. The van der Waals surface area contributed by atoms with E-state index in [4.69, 9.17) is 0 Å². The molecule has 2 atom stereocenters. The Morgan fingerprint density at radius 1 is 1.53 bits per heavy atom. The lowest BCUT2D eigenvalue weighted by molar-refractivity contribution is -0.136. The first-order valence-corrected chi connectivity index (χ1v) is 7.35. The third kappa shape index (κ3) is 3.12. The number of aromatic nitrogens is 1. The van der Waals surface area contributed by atoms with E-state index in [-0.39, 0.29) is 23.8 Å². The van der Waals surface area contributed by atoms with Crippen LogP contribution in [0.15, 0.2) is 11.6 Å². The number of carbonyl (C=O) groups excluding carboxylic acids is 2. The maximum absolute atomic E-state index is 12.6. The van der Waals surface area contributed by atoms with Crippen LogP contribution in [0.1, 0.15) is 32.2 Å². The van der Waals surface area contributed by atoms with Crippen LogP contribution in [0, 0.1) is 5.92 Å². The summed E-state index contributed by atoms with van der Waals surface area (Å²) in [5.41, 5.74) is 0. The largest absolute Gasteiger partial charge is 0.344 e. The van der Waals surface area contributed by atoms with E-state index in [0.717, 1.165) is 5.01 Å². The van der Waals surface area contributed by atoms with Crippen LogP contribution >= 0.6 is 11.3 Å². The summed E-state index contributed by atoms with van der Waals surface area (Å²) in [5, 5.41) is 5.62. The Morgan fingerprint density at radius 3 is 2.84 bits per heavy atom. The van der Waals surface area contributed by atoms with Crippen molar-refractivity contribution in [1.29, 1.82) is 0 Å². The van der Waals surface area contributed by atoms with Crippen LogP contribution in [0.25, 0.3) is 0 Å². The highest BCUT2D eigenvalue weighted by Gasteiger charge is 2.35. The zero-order chi connectivity index (χ0) is 14.0. The molecule has 1 aliphatic heterocycles. The SMILES string of the molecule is CC(C)C1NC(=O)CC(C)N(Cc2nccs2)C1=O. The van der Waals surface area contributed by atoms with Gasteiger partial charge in [-0.15, -0.1) is 11.3 Å². The minimum atomic E-state index is -0.433. The van der Waals surface area contributed by atoms with Gasteiger partial charge in [-0.25, -0.2) is 4.98 Å². The Balaban J connectivity index is 2.22. The van der Waals surface area contributed by atoms with E-state index in [1.54, 1.807) is 11.1 Å². The molecule has 2 heterocycles. The van der Waals surface area contributed by atoms with Gasteiger partial charge in [0.15, 0.2) is 0 Å². The molecule has 1 fully saturated rings. The quantitative estimate of drug-likeness (QED) is 0.911. The molecule has 0 aliphatic carbocycles. The molecule has 0 radical (unpaired) electrons. The van der Waals surface area contributed by atoms with E-state index in [1.165, 1.54) is 11.3 Å². The summed E-state index contributed by atoms with van der Waals surface area (Å²) in [6, 6.07) is -0.530. The average molecular weight is 281 g/mol. The fourth-order valence-electron chi connectivity index (χ4n) is 2.23. The molecular formula is C13H19N3O2S. The summed E-state index contributed by atoms with van der Waals surface area (Å²) in [7, 11) is 0. The maximum atomic E-state index is 12.6. The van der Waals surface area contributed by atoms with E-state index < -0.39 is 6.04 Å². The van der Waals surface area contributed by atoms with Crippen molar-refractivity contribution in [3.05, 3.63) is 16.6 Å². The van der Waals surface area contributed by atoms with E-state index >= 15 is 0 Å². The first kappa shape index (κ1) is 14.0. The van der Waals surface area contributed by atoms with Crippen molar-refractivity contribution in [1.82, 2.24) is 15.2 Å². The molecule has 0 spiro atoms. The minimum Gasteiger partial charge on any atom is -0.344 e. The number of nitrogens with zero attached hydrogens (tertiary/aromatic N) is 2. The van der Waals surface area contributed by atoms with Gasteiger partial charge >= 0.3 is 0 Å². The van der Waals surface area contributed by atoms with Crippen LogP contribution < -0.4 is 5.32 Å². The second-order valence-corrected chi connectivity index (χ2v) is 6.21. The number of carbonyl (C=O) groups is 2. The molecule has 2 rings (SSSR count). The fourth-order valence-corrected chi connectivity index (χ4v) is 2.84. The normalized spacial score (nSPS) is 24.5. The van der Waals surface area contributed by atoms with E-state index in [9.17, 15) is 9.59 Å². The van der Waals surface area contributed by atoms with Gasteiger partial charge in [0.25, 0.3) is 0 Å². The predicted molar refractivity (Wildman–Crippen MR) is 73.5 cm³/mol. The Bertz CT molecular complexity index is 458. The van der Waals surface area contributed by atoms with Crippen molar-refractivity contribution in [3.8, 4) is 0 Å². The molecule has 5 nitrogen and oxygen atoms in total. The topological polar surface area (TPSA) is 62.3 Å². The highest BCUT2D eigenvalue weighted by molar-refractivity contribution is 7.09. The summed E-state index contributed by atoms with van der Waals surface area (Å²) < 4.78 is 0. The third-order valence-electron chi connectivity index (χ3n) is 3.33. The monoisotopic (exact) mass is 281 g/mol. The second kappa shape index (κ2) is 5.69. The zero-order valence-electron chi connectivity index (χ0n) is 11.4. The van der Waals surface area contributed by atoms with Crippen molar-refractivity contribution in [3.63, 3.8) is 0 Å². The first-order valence-electron chi connectivity index (χ1n) is 6.47. The highest BCUT2D eigenvalue weighted by Crippen LogP contribution is 2.19. The molecule has 2 unspecified atom stereocenters. The molecular weight excluding hydrogens is 262 g/mol. The first-order chi connectivity index (χ1) is 8.99. The molecule has 104 valence electrons. The standard InChI is InChI=1S/C13H19N3O2S/c1-8(2)12-13(18)16(7-11-14-4-5-19-11)9(3)6-10(17)15-12/h4-5,8-9,12H,6-7H2,1-3H3,(H,15,17). The average Bonchev–Trinajstić information content (AvgIpc) is 2.80. The van der Waals surface area contributed by atoms with Gasteiger partial charge in [0, 0.05) is 24.0 Å². The second-order valence-electron chi connectivity index (χ2n) is 5.23. The van der Waals surface area contributed by atoms with E-state index in [1.807, 2.05) is 26.2 Å². The summed E-state index contributed by atoms with van der Waals surface area (Å²) in [6.45, 7) is 6.28. The van der Waals surface area contributed by atoms with Crippen molar-refractivity contribution in [2.45, 2.75) is 45.8 Å². The number of hydrogen-bond acceptors (Lipinski definition) is 4. The van der Waals surface area contributed by atoms with Gasteiger partial charge in [-0.3, -0.25) is 9.59 Å². The molecule has 1 saturated heterocycles. The van der Waals surface area contributed by atoms with Gasteiger partial charge in [0.2, 0.25) is 11.8 Å². The number of nitrogens with one attached hydrogen (secondary N) is 1. The summed E-state index contributed by atoms with van der Waals surface area (Å²) in [5.74, 6) is 0.0188. The van der Waals surface area contributed by atoms with Crippen LogP contribution in [0.2, 0.25) is 0 Å². The van der Waals surface area contributed by atoms with Crippen molar-refractivity contribution in [2.24, 2.45) is 5.92 Å². The molecule has 2 amide bonds. The smallest absolute Gasteiger partial charge is 0.246 e. The Hall–Kier alpha value is -1.43. The molecule has 1 aliphatic rings. The van der Waals surface area contributed by atoms with Crippen molar-refractivity contribution >= 4 is 23.2 Å². The lowest BCUT2D eigenvalue weighted by Gasteiger charge is -2.29. The van der Waals surface area contributed by atoms with Crippen LogP contribution in [0.4, 0.5) is 0 Å². The van der Waals surface area contributed by atoms with Crippen LogP contribution in [0.3, 0.4) is 0 Å². The Morgan fingerprint density at radius 2 is 2.26 bits per heavy atom. The number of rotatable bonds is 3. The summed E-state index contributed by atoms with van der Waals surface area (Å²) in [6.07, 6.45) is 2.08. The molecule has 1 aromatic heterocycles. The minimum absolute atomic E-state index is 0.0106. The Kier molecular flexibility index (Phi) is 4.19. The van der Waals surface area contributed by atoms with Crippen LogP contribution in [-0.4, -0.2) is 33.8 Å². The number of thiazole rings is 1. The number of hydrogen-bond donors (Lipinski definition) is 1. The molecule has 0 bridgehead atoms. The predicted octanol–water partition coefficient (Wildman–Crippen LogP) is 1.40. The molecule has 0 saturated carbocycles. The molecule has 1 N–H and O–H groups in total. The molecule has 1 aromatic rings. The fraction of sp³-hybridized carbons (Fsp3) is 0.615. The zero-order valence-corrected chi connectivity index (χ0v) is 12.2. The summed E-state index contributed by atoms with van der Waals surface area (Å²) in [4.78, 5) is 30.3. The van der Waals surface area contributed by atoms with Gasteiger partial charge in [-0.05, 0) is 12.8 Å². The van der Waals surface area contributed by atoms with E-state index in [2.05, 4.69) is 10.3 Å². The molecule has 6 heteroatoms. The molecule has 0 aromatic carbocycles. The van der Waals surface area contributed by atoms with Gasteiger partial charge in [0.05, 0.1) is 6.54 Å². The van der Waals surface area contributed by atoms with Gasteiger partial charge in [0.1, 0.15) is 11.0 Å².